The highest BCUT2D eigenvalue weighted by atomic mass is 35.5. The quantitative estimate of drug-likeness (QED) is 0.682. The molecule has 0 N–H and O–H groups in total. The van der Waals surface area contributed by atoms with Crippen LogP contribution in [0.15, 0.2) is 45.4 Å². The maximum absolute atomic E-state index is 12.9. The first-order chi connectivity index (χ1) is 11.6. The van der Waals surface area contributed by atoms with Crippen LogP contribution in [0.5, 0.6) is 0 Å². The van der Waals surface area contributed by atoms with Gasteiger partial charge in [-0.25, -0.2) is 0 Å². The van der Waals surface area contributed by atoms with E-state index in [4.69, 9.17) is 25.7 Å². The van der Waals surface area contributed by atoms with E-state index < -0.39 is 0 Å². The zero-order chi connectivity index (χ0) is 17.1. The molecule has 0 aliphatic rings. The van der Waals surface area contributed by atoms with Crippen molar-refractivity contribution in [2.45, 2.75) is 19.9 Å². The van der Waals surface area contributed by atoms with Crippen LogP contribution in [0.2, 0.25) is 5.02 Å². The fourth-order valence-electron chi connectivity index (χ4n) is 2.57. The fourth-order valence-corrected chi connectivity index (χ4v) is 2.74. The third kappa shape index (κ3) is 3.15. The summed E-state index contributed by atoms with van der Waals surface area (Å²) in [5.74, 6) is 0.640. The minimum Gasteiger partial charge on any atom is -0.467 e. The van der Waals surface area contributed by atoms with Crippen LogP contribution >= 0.6 is 11.6 Å². The second-order valence-electron chi connectivity index (χ2n) is 5.41. The third-order valence-electron chi connectivity index (χ3n) is 3.80. The smallest absolute Gasteiger partial charge is 0.290 e. The molecule has 0 aliphatic heterocycles. The van der Waals surface area contributed by atoms with Gasteiger partial charge in [-0.3, -0.25) is 4.79 Å². The van der Waals surface area contributed by atoms with Crippen LogP contribution < -0.4 is 0 Å². The van der Waals surface area contributed by atoms with Crippen molar-refractivity contribution in [2.75, 3.05) is 6.54 Å². The normalized spacial score (nSPS) is 10.7. The molecular formula is C18H15ClN2O3. The van der Waals surface area contributed by atoms with Crippen LogP contribution in [-0.2, 0) is 6.54 Å². The largest absolute Gasteiger partial charge is 0.467 e. The maximum atomic E-state index is 12.9. The highest BCUT2D eigenvalue weighted by molar-refractivity contribution is 6.31. The molecule has 24 heavy (non-hydrogen) atoms. The predicted octanol–water partition coefficient (Wildman–Crippen LogP) is 4.54. The number of halogens is 1. The third-order valence-corrected chi connectivity index (χ3v) is 4.04. The molecule has 1 amide bonds. The van der Waals surface area contributed by atoms with Gasteiger partial charge in [0.2, 0.25) is 0 Å². The van der Waals surface area contributed by atoms with E-state index in [1.54, 1.807) is 41.5 Å². The van der Waals surface area contributed by atoms with Crippen molar-refractivity contribution in [3.63, 3.8) is 0 Å². The number of amides is 1. The summed E-state index contributed by atoms with van der Waals surface area (Å²) in [7, 11) is 0. The van der Waals surface area contributed by atoms with Crippen molar-refractivity contribution < 1.29 is 13.6 Å². The van der Waals surface area contributed by atoms with Gasteiger partial charge in [-0.2, -0.15) is 5.26 Å². The van der Waals surface area contributed by atoms with Crippen LogP contribution in [0.25, 0.3) is 11.0 Å². The van der Waals surface area contributed by atoms with Gasteiger partial charge in [0.25, 0.3) is 5.91 Å². The van der Waals surface area contributed by atoms with Crippen LogP contribution in [0, 0.1) is 18.3 Å². The average molecular weight is 343 g/mol. The Balaban J connectivity index is 1.94. The molecule has 0 fully saturated rings. The van der Waals surface area contributed by atoms with Gasteiger partial charge >= 0.3 is 0 Å². The number of carbonyl (C=O) groups is 1. The summed E-state index contributed by atoms with van der Waals surface area (Å²) in [6, 6.07) is 10.9. The average Bonchev–Trinajstić information content (AvgIpc) is 3.19. The number of aryl methyl sites for hydroxylation is 1. The van der Waals surface area contributed by atoms with Crippen LogP contribution in [0.1, 0.15) is 28.3 Å². The Hall–Kier alpha value is -2.71. The van der Waals surface area contributed by atoms with Gasteiger partial charge in [0, 0.05) is 22.5 Å². The number of carbonyl (C=O) groups excluding carboxylic acids is 1. The summed E-state index contributed by atoms with van der Waals surface area (Å²) >= 11 is 6.02. The van der Waals surface area contributed by atoms with E-state index in [9.17, 15) is 4.79 Å². The second-order valence-corrected chi connectivity index (χ2v) is 5.85. The number of fused-ring (bicyclic) bond motifs is 1. The van der Waals surface area contributed by atoms with Crippen molar-refractivity contribution >= 4 is 28.5 Å². The van der Waals surface area contributed by atoms with Crippen molar-refractivity contribution in [1.29, 1.82) is 5.26 Å². The molecule has 0 saturated carbocycles. The van der Waals surface area contributed by atoms with Crippen LogP contribution in [-0.4, -0.2) is 17.4 Å². The number of benzene rings is 1. The zero-order valence-corrected chi connectivity index (χ0v) is 13.8. The number of rotatable bonds is 5. The summed E-state index contributed by atoms with van der Waals surface area (Å²) < 4.78 is 11.0. The van der Waals surface area contributed by atoms with Crippen molar-refractivity contribution in [3.05, 3.63) is 58.7 Å². The molecule has 122 valence electrons. The lowest BCUT2D eigenvalue weighted by Gasteiger charge is -2.19. The van der Waals surface area contributed by atoms with E-state index in [2.05, 4.69) is 6.07 Å². The Labute approximate surface area is 144 Å². The molecule has 0 unspecified atom stereocenters. The second kappa shape index (κ2) is 6.81. The Kier molecular flexibility index (Phi) is 4.59. The Morgan fingerprint density at radius 3 is 2.92 bits per heavy atom. The van der Waals surface area contributed by atoms with Gasteiger partial charge in [-0.1, -0.05) is 11.6 Å². The van der Waals surface area contributed by atoms with Crippen LogP contribution in [0.3, 0.4) is 0 Å². The molecule has 1 aromatic carbocycles. The summed E-state index contributed by atoms with van der Waals surface area (Å²) in [6.07, 6.45) is 1.79. The fraction of sp³-hybridized carbons (Fsp3) is 0.222. The number of hydrogen-bond donors (Lipinski definition) is 0. The first-order valence-electron chi connectivity index (χ1n) is 7.47. The van der Waals surface area contributed by atoms with Gasteiger partial charge in [0.1, 0.15) is 11.3 Å². The number of nitrogens with zero attached hydrogens (tertiary/aromatic N) is 2. The Bertz CT molecular complexity index is 906. The molecule has 0 atom stereocenters. The lowest BCUT2D eigenvalue weighted by Crippen LogP contribution is -2.31. The van der Waals surface area contributed by atoms with Crippen molar-refractivity contribution in [1.82, 2.24) is 4.90 Å². The molecule has 0 radical (unpaired) electrons. The SMILES string of the molecule is Cc1c(C(=O)N(CCC#N)Cc2ccco2)oc2ccc(Cl)cc12. The van der Waals surface area contributed by atoms with E-state index in [1.165, 1.54) is 0 Å². The molecule has 0 bridgehead atoms. The highest BCUT2D eigenvalue weighted by Crippen LogP contribution is 2.29. The summed E-state index contributed by atoms with van der Waals surface area (Å²) in [6.45, 7) is 2.41. The summed E-state index contributed by atoms with van der Waals surface area (Å²) in [5.41, 5.74) is 1.34. The Morgan fingerprint density at radius 2 is 2.21 bits per heavy atom. The zero-order valence-electron chi connectivity index (χ0n) is 13.1. The molecule has 0 spiro atoms. The highest BCUT2D eigenvalue weighted by Gasteiger charge is 2.24. The van der Waals surface area contributed by atoms with Gasteiger partial charge < -0.3 is 13.7 Å². The molecule has 5 nitrogen and oxygen atoms in total. The summed E-state index contributed by atoms with van der Waals surface area (Å²) in [4.78, 5) is 14.5. The van der Waals surface area contributed by atoms with Gasteiger partial charge in [-0.15, -0.1) is 0 Å². The number of furan rings is 2. The Morgan fingerprint density at radius 1 is 1.38 bits per heavy atom. The molecule has 2 heterocycles. The topological polar surface area (TPSA) is 70.4 Å². The lowest BCUT2D eigenvalue weighted by atomic mass is 10.1. The molecule has 6 heteroatoms. The van der Waals surface area contributed by atoms with Crippen molar-refractivity contribution in [3.8, 4) is 6.07 Å². The van der Waals surface area contributed by atoms with E-state index >= 15 is 0 Å². The lowest BCUT2D eigenvalue weighted by molar-refractivity contribution is 0.0704. The van der Waals surface area contributed by atoms with E-state index in [0.717, 1.165) is 10.9 Å². The van der Waals surface area contributed by atoms with Gasteiger partial charge in [0.15, 0.2) is 5.76 Å². The molecular weight excluding hydrogens is 328 g/mol. The van der Waals surface area contributed by atoms with E-state index in [1.807, 2.05) is 6.92 Å². The molecule has 0 aliphatic carbocycles. The van der Waals surface area contributed by atoms with Crippen molar-refractivity contribution in [2.24, 2.45) is 0 Å². The molecule has 2 aromatic heterocycles. The van der Waals surface area contributed by atoms with Crippen LogP contribution in [0.4, 0.5) is 0 Å². The standard InChI is InChI=1S/C18H15ClN2O3/c1-12-15-10-13(19)5-6-16(15)24-17(12)18(22)21(8-3-7-20)11-14-4-2-9-23-14/h2,4-6,9-10H,3,8,11H2,1H3. The first-order valence-corrected chi connectivity index (χ1v) is 7.85. The maximum Gasteiger partial charge on any atom is 0.290 e. The van der Waals surface area contributed by atoms with E-state index in [-0.39, 0.29) is 24.6 Å². The number of hydrogen-bond acceptors (Lipinski definition) is 4. The van der Waals surface area contributed by atoms with Gasteiger partial charge in [-0.05, 0) is 37.3 Å². The summed E-state index contributed by atoms with van der Waals surface area (Å²) in [5, 5.41) is 10.2. The monoisotopic (exact) mass is 342 g/mol. The minimum atomic E-state index is -0.272. The molecule has 0 saturated heterocycles. The molecule has 3 rings (SSSR count). The molecule has 3 aromatic rings. The predicted molar refractivity (Wildman–Crippen MR) is 89.6 cm³/mol. The number of nitriles is 1. The van der Waals surface area contributed by atoms with Gasteiger partial charge in [0.05, 0.1) is 25.3 Å². The first kappa shape index (κ1) is 16.2. The van der Waals surface area contributed by atoms with E-state index in [0.29, 0.717) is 22.9 Å². The minimum absolute atomic E-state index is 0.234.